The monoisotopic (exact) mass is 572 g/mol. The third kappa shape index (κ3) is 7.83. The number of ether oxygens (including phenoxy) is 3. The topological polar surface area (TPSA) is 143 Å². The number of Topliss-reactive ketones (excluding diaryl/α,β-unsaturated/α-hetero) is 1. The lowest BCUT2D eigenvalue weighted by Gasteiger charge is -2.24. The van der Waals surface area contributed by atoms with Gasteiger partial charge in [0.05, 0.1) is 13.2 Å². The Balaban J connectivity index is 2.12. The van der Waals surface area contributed by atoms with Gasteiger partial charge in [0.1, 0.15) is 11.8 Å². The SMILES string of the molecule is CN[C@@H]1C(=O)C[C@@H](C)C(=O)N[C@H](C(=O)OC)Cc2ccc(O)c(c2)-c2cc1cc(O)c2OCOCC[Si](C)(C)C. The molecule has 2 aromatic carbocycles. The maximum Gasteiger partial charge on any atom is 0.328 e. The highest BCUT2D eigenvalue weighted by Gasteiger charge is 2.30. The van der Waals surface area contributed by atoms with Gasteiger partial charge in [0.15, 0.2) is 24.1 Å². The highest BCUT2D eigenvalue weighted by molar-refractivity contribution is 6.76. The molecule has 0 saturated heterocycles. The van der Waals surface area contributed by atoms with E-state index in [2.05, 4.69) is 30.3 Å². The van der Waals surface area contributed by atoms with Gasteiger partial charge in [0.25, 0.3) is 0 Å². The zero-order chi connectivity index (χ0) is 29.6. The van der Waals surface area contributed by atoms with Crippen molar-refractivity contribution < 1.29 is 38.8 Å². The first kappa shape index (κ1) is 31.1. The van der Waals surface area contributed by atoms with E-state index in [1.807, 2.05) is 0 Å². The molecule has 0 aromatic heterocycles. The van der Waals surface area contributed by atoms with Crippen molar-refractivity contribution in [1.82, 2.24) is 10.6 Å². The van der Waals surface area contributed by atoms with Crippen LogP contribution in [0.3, 0.4) is 0 Å². The first-order valence-corrected chi connectivity index (χ1v) is 17.0. The summed E-state index contributed by atoms with van der Waals surface area (Å²) < 4.78 is 16.5. The first-order valence-electron chi connectivity index (χ1n) is 13.3. The summed E-state index contributed by atoms with van der Waals surface area (Å²) in [4.78, 5) is 38.7. The highest BCUT2D eigenvalue weighted by Crippen LogP contribution is 2.44. The molecule has 0 spiro atoms. The van der Waals surface area contributed by atoms with Gasteiger partial charge < -0.3 is 35.1 Å². The molecule has 2 aromatic rings. The normalized spacial score (nSPS) is 19.9. The molecule has 0 aliphatic carbocycles. The molecule has 1 heterocycles. The third-order valence-electron chi connectivity index (χ3n) is 6.87. The average Bonchev–Trinajstić information content (AvgIpc) is 2.88. The number of carbonyl (C=O) groups excluding carboxylic acids is 3. The molecule has 0 radical (unpaired) electrons. The number of methoxy groups -OCH3 is 1. The maximum absolute atomic E-state index is 13.3. The van der Waals surface area contributed by atoms with Crippen LogP contribution in [0.15, 0.2) is 30.3 Å². The van der Waals surface area contributed by atoms with E-state index in [0.717, 1.165) is 6.04 Å². The number of amides is 1. The molecule has 0 saturated carbocycles. The van der Waals surface area contributed by atoms with Crippen LogP contribution in [-0.2, 0) is 30.3 Å². The number of likely N-dealkylation sites (N-methyl/N-ethyl adjacent to an activating group) is 1. The molecule has 3 atom stereocenters. The molecule has 11 heteroatoms. The Kier molecular flexibility index (Phi) is 10.3. The van der Waals surface area contributed by atoms with Crippen molar-refractivity contribution in [2.24, 2.45) is 5.92 Å². The predicted molar refractivity (Wildman–Crippen MR) is 153 cm³/mol. The summed E-state index contributed by atoms with van der Waals surface area (Å²) in [5, 5.41) is 27.6. The van der Waals surface area contributed by atoms with Crippen LogP contribution in [0.25, 0.3) is 11.1 Å². The second-order valence-electron chi connectivity index (χ2n) is 11.3. The average molecular weight is 573 g/mol. The van der Waals surface area contributed by atoms with E-state index in [9.17, 15) is 24.6 Å². The van der Waals surface area contributed by atoms with Crippen molar-refractivity contribution >= 4 is 25.7 Å². The summed E-state index contributed by atoms with van der Waals surface area (Å²) in [5.74, 6) is -2.36. The number of hydrogen-bond acceptors (Lipinski definition) is 9. The van der Waals surface area contributed by atoms with E-state index in [0.29, 0.717) is 28.9 Å². The van der Waals surface area contributed by atoms with Gasteiger partial charge in [-0.3, -0.25) is 9.59 Å². The van der Waals surface area contributed by atoms with E-state index in [4.69, 9.17) is 14.2 Å². The Bertz CT molecular complexity index is 1240. The van der Waals surface area contributed by atoms with E-state index in [1.54, 1.807) is 32.2 Å². The third-order valence-corrected chi connectivity index (χ3v) is 8.57. The fourth-order valence-electron chi connectivity index (χ4n) is 4.53. The number of phenolic OH excluding ortho intramolecular Hbond substituents is 2. The number of ketones is 1. The van der Waals surface area contributed by atoms with Gasteiger partial charge in [0, 0.05) is 44.6 Å². The number of fused-ring (bicyclic) bond motifs is 5. The minimum Gasteiger partial charge on any atom is -0.507 e. The molecule has 0 unspecified atom stereocenters. The molecular formula is C29H40N2O8Si. The van der Waals surface area contributed by atoms with Crippen LogP contribution in [0.4, 0.5) is 0 Å². The smallest absolute Gasteiger partial charge is 0.328 e. The summed E-state index contributed by atoms with van der Waals surface area (Å²) in [7, 11) is 1.53. The molecular weight excluding hydrogens is 532 g/mol. The van der Waals surface area contributed by atoms with Crippen molar-refractivity contribution in [3.8, 4) is 28.4 Å². The van der Waals surface area contributed by atoms with Gasteiger partial charge in [-0.25, -0.2) is 4.79 Å². The molecule has 4 bridgehead atoms. The summed E-state index contributed by atoms with van der Waals surface area (Å²) in [6, 6.07) is 6.94. The number of rotatable bonds is 8. The minimum absolute atomic E-state index is 0.0766. The van der Waals surface area contributed by atoms with Gasteiger partial charge in [-0.1, -0.05) is 32.6 Å². The largest absolute Gasteiger partial charge is 0.507 e. The van der Waals surface area contributed by atoms with Crippen molar-refractivity contribution in [3.05, 3.63) is 41.5 Å². The number of phenols is 2. The summed E-state index contributed by atoms with van der Waals surface area (Å²) in [5.41, 5.74) is 1.72. The van der Waals surface area contributed by atoms with E-state index in [-0.39, 0.29) is 42.7 Å². The van der Waals surface area contributed by atoms with Crippen LogP contribution in [0.1, 0.15) is 30.5 Å². The molecule has 3 rings (SSSR count). The Hall–Kier alpha value is -3.41. The molecule has 10 nitrogen and oxygen atoms in total. The number of nitrogens with one attached hydrogen (secondary N) is 2. The minimum atomic E-state index is -1.31. The first-order chi connectivity index (χ1) is 18.8. The second-order valence-corrected chi connectivity index (χ2v) is 17.0. The molecule has 4 N–H and O–H groups in total. The van der Waals surface area contributed by atoms with E-state index in [1.165, 1.54) is 19.2 Å². The van der Waals surface area contributed by atoms with Crippen molar-refractivity contribution in [1.29, 1.82) is 0 Å². The predicted octanol–water partition coefficient (Wildman–Crippen LogP) is 3.53. The molecule has 218 valence electrons. The number of benzene rings is 2. The lowest BCUT2D eigenvalue weighted by Crippen LogP contribution is -2.45. The van der Waals surface area contributed by atoms with Crippen molar-refractivity contribution in [2.75, 3.05) is 27.6 Å². The lowest BCUT2D eigenvalue weighted by atomic mass is 9.90. The zero-order valence-electron chi connectivity index (χ0n) is 24.0. The highest BCUT2D eigenvalue weighted by atomic mass is 28.3. The van der Waals surface area contributed by atoms with Crippen LogP contribution in [0.5, 0.6) is 17.2 Å². The fraction of sp³-hybridized carbons (Fsp3) is 0.483. The second kappa shape index (κ2) is 13.3. The number of hydrogen-bond donors (Lipinski definition) is 4. The Labute approximate surface area is 236 Å². The van der Waals surface area contributed by atoms with Crippen LogP contribution in [0, 0.1) is 5.92 Å². The van der Waals surface area contributed by atoms with Crippen LogP contribution in [-0.4, -0.2) is 69.5 Å². The zero-order valence-corrected chi connectivity index (χ0v) is 25.0. The molecule has 1 amide bonds. The van der Waals surface area contributed by atoms with Gasteiger partial charge in [-0.2, -0.15) is 0 Å². The van der Waals surface area contributed by atoms with Gasteiger partial charge >= 0.3 is 5.97 Å². The van der Waals surface area contributed by atoms with Gasteiger partial charge in [-0.05, 0) is 48.5 Å². The molecule has 0 fully saturated rings. The maximum atomic E-state index is 13.3. The van der Waals surface area contributed by atoms with Crippen molar-refractivity contribution in [2.45, 2.75) is 57.5 Å². The Morgan fingerprint density at radius 1 is 1.07 bits per heavy atom. The summed E-state index contributed by atoms with van der Waals surface area (Å²) >= 11 is 0. The van der Waals surface area contributed by atoms with Gasteiger partial charge in [0.2, 0.25) is 5.91 Å². The van der Waals surface area contributed by atoms with Gasteiger partial charge in [-0.15, -0.1) is 0 Å². The van der Waals surface area contributed by atoms with Crippen LogP contribution in [0.2, 0.25) is 25.7 Å². The van der Waals surface area contributed by atoms with Crippen molar-refractivity contribution in [3.63, 3.8) is 0 Å². The lowest BCUT2D eigenvalue weighted by molar-refractivity contribution is -0.145. The number of carbonyl (C=O) groups is 3. The Morgan fingerprint density at radius 3 is 2.45 bits per heavy atom. The summed E-state index contributed by atoms with van der Waals surface area (Å²) in [6.45, 7) is 8.73. The molecule has 1 aliphatic heterocycles. The van der Waals surface area contributed by atoms with Crippen LogP contribution < -0.4 is 15.4 Å². The quantitative estimate of drug-likeness (QED) is 0.162. The number of aromatic hydroxyl groups is 2. The number of esters is 1. The fourth-order valence-corrected chi connectivity index (χ4v) is 5.29. The van der Waals surface area contributed by atoms with Crippen LogP contribution >= 0.6 is 0 Å². The Morgan fingerprint density at radius 2 is 1.80 bits per heavy atom. The molecule has 40 heavy (non-hydrogen) atoms. The molecule has 1 aliphatic rings. The van der Waals surface area contributed by atoms with E-state index < -0.39 is 38.0 Å². The summed E-state index contributed by atoms with van der Waals surface area (Å²) in [6.07, 6.45) is -0.0335. The standard InChI is InChI=1S/C29H40N2O8Si/c1-17-11-24(33)26(30-2)19-14-21(27(25(34)15-19)39-16-38-9-10-40(4,5)6)20-12-18(7-8-23(20)32)13-22(29(36)37-3)31-28(17)35/h7-8,12,14-15,17,22,26,30,32,34H,9-11,13,16H2,1-6H3,(H,31,35)/t17-,22+,26+/m1/s1. The van der Waals surface area contributed by atoms with E-state index >= 15 is 0 Å².